The molecule has 0 spiro atoms. The third kappa shape index (κ3) is 9.02. The van der Waals surface area contributed by atoms with Crippen LogP contribution in [0.25, 0.3) is 0 Å². The van der Waals surface area contributed by atoms with Crippen molar-refractivity contribution in [3.05, 3.63) is 131 Å². The highest BCUT2D eigenvalue weighted by molar-refractivity contribution is 5.75. The third-order valence-electron chi connectivity index (χ3n) is 9.33. The van der Waals surface area contributed by atoms with Gasteiger partial charge in [-0.15, -0.1) is 0 Å². The van der Waals surface area contributed by atoms with Gasteiger partial charge in [0.15, 0.2) is 17.7 Å². The number of piperidine rings is 1. The molecule has 2 unspecified atom stereocenters. The molecule has 0 radical (unpaired) electrons. The molecule has 49 heavy (non-hydrogen) atoms. The van der Waals surface area contributed by atoms with Crippen molar-refractivity contribution in [3.8, 4) is 11.5 Å². The number of nitrogens with one attached hydrogen (secondary N) is 1. The second kappa shape index (κ2) is 15.0. The number of carbonyl (C=O) groups excluding carboxylic acids is 1. The Kier molecular flexibility index (Phi) is 10.6. The lowest BCUT2D eigenvalue weighted by molar-refractivity contribution is -0.153. The minimum atomic E-state index is -1.17. The molecule has 2 aliphatic rings. The molecule has 1 aliphatic heterocycles. The summed E-state index contributed by atoms with van der Waals surface area (Å²) in [5, 5.41) is 3.55. The zero-order valence-corrected chi connectivity index (χ0v) is 28.1. The average molecular weight is 673 g/mol. The van der Waals surface area contributed by atoms with E-state index >= 15 is 0 Å². The molecule has 0 bridgehead atoms. The maximum atomic E-state index is 14.0. The van der Waals surface area contributed by atoms with Crippen LogP contribution in [0.5, 0.6) is 11.5 Å². The standard InChI is InChI=1S/C40H43F3N2O4/c1-40(2,3)29-11-15-31(16-12-29)49-37(39(46)48-25-27-7-5-4-6-8-27)19-26-9-13-30(14-10-26)47-18-17-44-38-32-23-45(24-33(32)38)22-28-20-35(42)36(43)21-34(28)41/h4-16,20-21,32-33,37-38,44H,17-19,22-25H2,1-3H3/t32-,33?,37-,38?/m0/s1. The van der Waals surface area contributed by atoms with Crippen LogP contribution < -0.4 is 14.8 Å². The van der Waals surface area contributed by atoms with Crippen LogP contribution in [0.3, 0.4) is 0 Å². The molecule has 4 atom stereocenters. The SMILES string of the molecule is CC(C)(C)c1ccc(O[C@@H](Cc2ccc(OCCNC3C4CN(Cc5cc(F)c(F)cc5F)C[C@@H]43)cc2)C(=O)OCc2ccccc2)cc1. The average Bonchev–Trinajstić information content (AvgIpc) is 3.53. The fourth-order valence-corrected chi connectivity index (χ4v) is 6.49. The van der Waals surface area contributed by atoms with Gasteiger partial charge in [0.1, 0.15) is 30.5 Å². The Labute approximate surface area is 286 Å². The van der Waals surface area contributed by atoms with Crippen molar-refractivity contribution in [2.24, 2.45) is 11.8 Å². The minimum absolute atomic E-state index is 0.00490. The lowest BCUT2D eigenvalue weighted by Crippen LogP contribution is -2.33. The largest absolute Gasteiger partial charge is 0.492 e. The van der Waals surface area contributed by atoms with E-state index in [4.69, 9.17) is 14.2 Å². The van der Waals surface area contributed by atoms with Crippen LogP contribution >= 0.6 is 0 Å². The van der Waals surface area contributed by atoms with Crippen molar-refractivity contribution in [2.75, 3.05) is 26.2 Å². The number of hydrogen-bond acceptors (Lipinski definition) is 6. The molecule has 1 N–H and O–H groups in total. The first kappa shape index (κ1) is 34.5. The molecule has 1 heterocycles. The highest BCUT2D eigenvalue weighted by Gasteiger charge is 2.55. The molecule has 0 aromatic heterocycles. The zero-order chi connectivity index (χ0) is 34.5. The number of fused-ring (bicyclic) bond motifs is 1. The van der Waals surface area contributed by atoms with Crippen molar-refractivity contribution < 1.29 is 32.2 Å². The molecular formula is C40H43F3N2O4. The van der Waals surface area contributed by atoms with Gasteiger partial charge in [-0.3, -0.25) is 4.90 Å². The van der Waals surface area contributed by atoms with Gasteiger partial charge in [-0.25, -0.2) is 18.0 Å². The first-order valence-electron chi connectivity index (χ1n) is 16.8. The maximum absolute atomic E-state index is 14.0. The Balaban J connectivity index is 0.962. The molecule has 258 valence electrons. The lowest BCUT2D eigenvalue weighted by atomic mass is 9.87. The Morgan fingerprint density at radius 1 is 0.837 bits per heavy atom. The molecule has 1 saturated heterocycles. The summed E-state index contributed by atoms with van der Waals surface area (Å²) in [6.07, 6.45) is -0.495. The number of rotatable bonds is 14. The van der Waals surface area contributed by atoms with Crippen molar-refractivity contribution in [2.45, 2.75) is 57.9 Å². The summed E-state index contributed by atoms with van der Waals surface area (Å²) in [5.74, 6) is -1.09. The van der Waals surface area contributed by atoms with Gasteiger partial charge < -0.3 is 19.5 Å². The molecule has 6 rings (SSSR count). The molecular weight excluding hydrogens is 629 g/mol. The normalized spacial score (nSPS) is 19.3. The van der Waals surface area contributed by atoms with E-state index in [9.17, 15) is 18.0 Å². The van der Waals surface area contributed by atoms with Crippen LogP contribution in [0.2, 0.25) is 0 Å². The van der Waals surface area contributed by atoms with E-state index in [-0.39, 0.29) is 24.1 Å². The molecule has 1 aliphatic carbocycles. The van der Waals surface area contributed by atoms with E-state index < -0.39 is 29.5 Å². The number of esters is 1. The number of likely N-dealkylation sites (tertiary alicyclic amines) is 1. The lowest BCUT2D eigenvalue weighted by Gasteiger charge is -2.21. The summed E-state index contributed by atoms with van der Waals surface area (Å²) in [6, 6.07) is 27.0. The van der Waals surface area contributed by atoms with E-state index in [0.717, 1.165) is 36.0 Å². The summed E-state index contributed by atoms with van der Waals surface area (Å²) < 4.78 is 58.7. The van der Waals surface area contributed by atoms with E-state index in [1.807, 2.05) is 78.9 Å². The number of nitrogens with zero attached hydrogens (tertiary/aromatic N) is 1. The zero-order valence-electron chi connectivity index (χ0n) is 28.1. The molecule has 6 nitrogen and oxygen atoms in total. The van der Waals surface area contributed by atoms with Gasteiger partial charge in [0.25, 0.3) is 0 Å². The fourth-order valence-electron chi connectivity index (χ4n) is 6.49. The molecule has 0 amide bonds. The Morgan fingerprint density at radius 2 is 1.49 bits per heavy atom. The topological polar surface area (TPSA) is 60.0 Å². The summed E-state index contributed by atoms with van der Waals surface area (Å²) in [4.78, 5) is 15.3. The summed E-state index contributed by atoms with van der Waals surface area (Å²) >= 11 is 0. The number of carbonyl (C=O) groups is 1. The van der Waals surface area contributed by atoms with Crippen LogP contribution in [0.1, 0.15) is 43.0 Å². The molecule has 1 saturated carbocycles. The van der Waals surface area contributed by atoms with Crippen molar-refractivity contribution >= 4 is 5.97 Å². The number of ether oxygens (including phenoxy) is 3. The molecule has 9 heteroatoms. The van der Waals surface area contributed by atoms with E-state index in [1.54, 1.807) is 0 Å². The van der Waals surface area contributed by atoms with Gasteiger partial charge in [0.2, 0.25) is 0 Å². The van der Waals surface area contributed by atoms with Crippen molar-refractivity contribution in [3.63, 3.8) is 0 Å². The van der Waals surface area contributed by atoms with Gasteiger partial charge in [-0.1, -0.05) is 75.4 Å². The second-order valence-corrected chi connectivity index (χ2v) is 14.0. The quantitative estimate of drug-likeness (QED) is 0.0867. The second-order valence-electron chi connectivity index (χ2n) is 14.0. The van der Waals surface area contributed by atoms with Crippen LogP contribution in [-0.4, -0.2) is 49.3 Å². The molecule has 4 aromatic rings. The summed E-state index contributed by atoms with van der Waals surface area (Å²) in [7, 11) is 0. The smallest absolute Gasteiger partial charge is 0.348 e. The van der Waals surface area contributed by atoms with E-state index in [2.05, 4.69) is 31.0 Å². The molecule has 4 aromatic carbocycles. The third-order valence-corrected chi connectivity index (χ3v) is 9.33. The maximum Gasteiger partial charge on any atom is 0.348 e. The van der Waals surface area contributed by atoms with Gasteiger partial charge in [-0.05, 0) is 64.3 Å². The van der Waals surface area contributed by atoms with Crippen LogP contribution in [0.15, 0.2) is 91.0 Å². The van der Waals surface area contributed by atoms with Crippen LogP contribution in [0.4, 0.5) is 13.2 Å². The predicted octanol–water partition coefficient (Wildman–Crippen LogP) is 7.23. The van der Waals surface area contributed by atoms with E-state index in [0.29, 0.717) is 49.3 Å². The summed E-state index contributed by atoms with van der Waals surface area (Å²) in [5.41, 5.74) is 3.18. The minimum Gasteiger partial charge on any atom is -0.492 e. The van der Waals surface area contributed by atoms with Crippen molar-refractivity contribution in [1.82, 2.24) is 10.2 Å². The van der Waals surface area contributed by atoms with Gasteiger partial charge >= 0.3 is 5.97 Å². The highest BCUT2D eigenvalue weighted by atomic mass is 19.2. The number of benzene rings is 4. The predicted molar refractivity (Wildman–Crippen MR) is 182 cm³/mol. The Hall–Kier alpha value is -4.34. The summed E-state index contributed by atoms with van der Waals surface area (Å²) in [6.45, 7) is 9.63. The first-order chi connectivity index (χ1) is 23.5. The monoisotopic (exact) mass is 672 g/mol. The van der Waals surface area contributed by atoms with Crippen LogP contribution in [-0.2, 0) is 34.5 Å². The van der Waals surface area contributed by atoms with Crippen LogP contribution in [0, 0.1) is 29.3 Å². The number of halogens is 3. The van der Waals surface area contributed by atoms with Crippen molar-refractivity contribution in [1.29, 1.82) is 0 Å². The van der Waals surface area contributed by atoms with Gasteiger partial charge in [0.05, 0.1) is 0 Å². The van der Waals surface area contributed by atoms with E-state index in [1.165, 1.54) is 5.56 Å². The van der Waals surface area contributed by atoms with Gasteiger partial charge in [0, 0.05) is 50.3 Å². The first-order valence-corrected chi connectivity index (χ1v) is 16.8. The Morgan fingerprint density at radius 3 is 2.16 bits per heavy atom. The Bertz CT molecular complexity index is 1700. The molecule has 2 fully saturated rings. The fraction of sp³-hybridized carbons (Fsp3) is 0.375. The van der Waals surface area contributed by atoms with Gasteiger partial charge in [-0.2, -0.15) is 0 Å². The highest BCUT2D eigenvalue weighted by Crippen LogP contribution is 2.45. The number of hydrogen-bond donors (Lipinski definition) is 1.